The highest BCUT2D eigenvalue weighted by molar-refractivity contribution is 7.99. The normalized spacial score (nSPS) is 22.6. The van der Waals surface area contributed by atoms with Crippen molar-refractivity contribution in [2.45, 2.75) is 25.0 Å². The number of nitrogens with one attached hydrogen (secondary N) is 2. The van der Waals surface area contributed by atoms with Crippen molar-refractivity contribution in [1.82, 2.24) is 15.5 Å². The fourth-order valence-electron chi connectivity index (χ4n) is 2.22. The van der Waals surface area contributed by atoms with Crippen molar-refractivity contribution in [1.29, 1.82) is 0 Å². The van der Waals surface area contributed by atoms with E-state index in [0.717, 1.165) is 37.1 Å². The molecule has 7 nitrogen and oxygen atoms in total. The third kappa shape index (κ3) is 8.13. The minimum atomic E-state index is -0.469. The lowest BCUT2D eigenvalue weighted by atomic mass is 10.2. The van der Waals surface area contributed by atoms with Crippen LogP contribution in [-0.2, 0) is 4.74 Å². The summed E-state index contributed by atoms with van der Waals surface area (Å²) < 4.78 is 5.98. The topological polar surface area (TPSA) is 79.7 Å². The van der Waals surface area contributed by atoms with Crippen LogP contribution in [0.25, 0.3) is 0 Å². The Bertz CT molecular complexity index is 352. The molecule has 0 bridgehead atoms. The van der Waals surface area contributed by atoms with Gasteiger partial charge in [-0.1, -0.05) is 0 Å². The van der Waals surface area contributed by atoms with Gasteiger partial charge in [0.05, 0.1) is 17.1 Å². The van der Waals surface area contributed by atoms with Gasteiger partial charge in [0.15, 0.2) is 5.82 Å². The molecule has 122 valence electrons. The summed E-state index contributed by atoms with van der Waals surface area (Å²) in [5.74, 6) is 2.32. The van der Waals surface area contributed by atoms with Gasteiger partial charge in [-0.3, -0.25) is 10.1 Å². The van der Waals surface area contributed by atoms with Crippen molar-refractivity contribution < 1.29 is 9.66 Å². The van der Waals surface area contributed by atoms with Crippen LogP contribution in [0.2, 0.25) is 0 Å². The van der Waals surface area contributed by atoms with Gasteiger partial charge >= 0.3 is 0 Å². The van der Waals surface area contributed by atoms with Gasteiger partial charge in [-0.15, -0.1) is 0 Å². The van der Waals surface area contributed by atoms with Crippen LogP contribution >= 0.6 is 11.8 Å². The summed E-state index contributed by atoms with van der Waals surface area (Å²) in [5, 5.41) is 16.1. The molecule has 0 unspecified atom stereocenters. The van der Waals surface area contributed by atoms with Gasteiger partial charge in [-0.05, 0) is 26.9 Å². The molecule has 0 aromatic heterocycles. The highest BCUT2D eigenvalue weighted by Gasteiger charge is 2.25. The van der Waals surface area contributed by atoms with Crippen molar-refractivity contribution in [2.75, 3.05) is 45.7 Å². The average Bonchev–Trinajstić information content (AvgIpc) is 2.83. The highest BCUT2D eigenvalue weighted by Crippen LogP contribution is 2.23. The van der Waals surface area contributed by atoms with E-state index in [1.54, 1.807) is 7.05 Å². The molecule has 0 amide bonds. The van der Waals surface area contributed by atoms with Crippen molar-refractivity contribution in [3.8, 4) is 0 Å². The molecule has 0 aromatic rings. The fraction of sp³-hybridized carbons (Fsp3) is 0.846. The molecule has 8 heteroatoms. The van der Waals surface area contributed by atoms with E-state index in [4.69, 9.17) is 4.74 Å². The number of ether oxygens (including phenoxy) is 1. The number of thioether (sulfide) groups is 1. The largest absolute Gasteiger partial charge is 0.373 e. The van der Waals surface area contributed by atoms with Crippen LogP contribution in [0.3, 0.4) is 0 Å². The molecule has 1 fully saturated rings. The second-order valence-electron chi connectivity index (χ2n) is 5.30. The predicted octanol–water partition coefficient (Wildman–Crippen LogP) is 0.713. The van der Waals surface area contributed by atoms with E-state index in [1.807, 2.05) is 11.8 Å². The summed E-state index contributed by atoms with van der Waals surface area (Å²) in [6.07, 6.45) is 3.91. The lowest BCUT2D eigenvalue weighted by molar-refractivity contribution is -0.404. The molecule has 0 aliphatic carbocycles. The van der Waals surface area contributed by atoms with E-state index in [0.29, 0.717) is 24.6 Å². The molecule has 2 atom stereocenters. The Morgan fingerprint density at radius 2 is 2.19 bits per heavy atom. The zero-order chi connectivity index (χ0) is 15.7. The second kappa shape index (κ2) is 9.86. The molecule has 2 N–H and O–H groups in total. The Balaban J connectivity index is 2.08. The third-order valence-corrected chi connectivity index (χ3v) is 4.23. The Labute approximate surface area is 130 Å². The minimum Gasteiger partial charge on any atom is -0.373 e. The first kappa shape index (κ1) is 18.1. The predicted molar refractivity (Wildman–Crippen MR) is 85.9 cm³/mol. The summed E-state index contributed by atoms with van der Waals surface area (Å²) in [6.45, 7) is 1.68. The van der Waals surface area contributed by atoms with E-state index in [-0.39, 0.29) is 0 Å². The molecular formula is C13H26N4O3S. The molecule has 0 radical (unpaired) electrons. The summed E-state index contributed by atoms with van der Waals surface area (Å²) in [7, 11) is 5.79. The molecule has 1 heterocycles. The molecule has 0 aromatic carbocycles. The van der Waals surface area contributed by atoms with Gasteiger partial charge in [0.2, 0.25) is 0 Å². The molecule has 1 aliphatic heterocycles. The number of likely N-dealkylation sites (N-methyl/N-ethyl adjacent to an activating group) is 1. The zero-order valence-corrected chi connectivity index (χ0v) is 13.8. The van der Waals surface area contributed by atoms with Crippen LogP contribution in [0.5, 0.6) is 0 Å². The minimum absolute atomic E-state index is 0.345. The monoisotopic (exact) mass is 318 g/mol. The maximum absolute atomic E-state index is 10.4. The Morgan fingerprint density at radius 1 is 1.48 bits per heavy atom. The van der Waals surface area contributed by atoms with Crippen LogP contribution in [0.1, 0.15) is 12.8 Å². The van der Waals surface area contributed by atoms with Gasteiger partial charge in [0.25, 0.3) is 6.20 Å². The average molecular weight is 318 g/mol. The van der Waals surface area contributed by atoms with Gasteiger partial charge in [-0.25, -0.2) is 0 Å². The van der Waals surface area contributed by atoms with Gasteiger partial charge in [0.1, 0.15) is 0 Å². The van der Waals surface area contributed by atoms with Gasteiger partial charge in [0, 0.05) is 31.6 Å². The molecule has 1 aliphatic rings. The molecular weight excluding hydrogens is 292 g/mol. The van der Waals surface area contributed by atoms with Crippen LogP contribution in [0.15, 0.2) is 12.0 Å². The first-order chi connectivity index (χ1) is 10.0. The van der Waals surface area contributed by atoms with Crippen molar-refractivity contribution in [3.63, 3.8) is 0 Å². The quantitative estimate of drug-likeness (QED) is 0.349. The second-order valence-corrected chi connectivity index (χ2v) is 6.45. The van der Waals surface area contributed by atoms with E-state index in [1.165, 1.54) is 0 Å². The van der Waals surface area contributed by atoms with Crippen LogP contribution in [0.4, 0.5) is 0 Å². The van der Waals surface area contributed by atoms with E-state index >= 15 is 0 Å². The Kier molecular flexibility index (Phi) is 8.48. The van der Waals surface area contributed by atoms with Crippen LogP contribution < -0.4 is 10.6 Å². The first-order valence-corrected chi connectivity index (χ1v) is 8.31. The van der Waals surface area contributed by atoms with E-state index in [2.05, 4.69) is 29.6 Å². The lowest BCUT2D eigenvalue weighted by Gasteiger charge is -2.17. The Hall–Kier alpha value is -0.990. The van der Waals surface area contributed by atoms with Crippen LogP contribution in [-0.4, -0.2) is 67.8 Å². The number of rotatable bonds is 10. The van der Waals surface area contributed by atoms with Crippen LogP contribution in [0, 0.1) is 10.1 Å². The third-order valence-electron chi connectivity index (χ3n) is 3.13. The van der Waals surface area contributed by atoms with E-state index in [9.17, 15) is 10.1 Å². The number of nitrogens with zero attached hydrogens (tertiary/aromatic N) is 2. The smallest absolute Gasteiger partial charge is 0.274 e. The summed E-state index contributed by atoms with van der Waals surface area (Å²) in [4.78, 5) is 12.1. The fourth-order valence-corrected chi connectivity index (χ4v) is 3.14. The molecule has 21 heavy (non-hydrogen) atoms. The maximum Gasteiger partial charge on any atom is 0.274 e. The summed E-state index contributed by atoms with van der Waals surface area (Å²) in [5.41, 5.74) is 0. The molecule has 1 rings (SSSR count). The van der Waals surface area contributed by atoms with E-state index < -0.39 is 4.92 Å². The Morgan fingerprint density at radius 3 is 2.81 bits per heavy atom. The summed E-state index contributed by atoms with van der Waals surface area (Å²) >= 11 is 1.82. The number of hydrogen-bond acceptors (Lipinski definition) is 7. The van der Waals surface area contributed by atoms with Gasteiger partial charge in [-0.2, -0.15) is 11.8 Å². The van der Waals surface area contributed by atoms with Crippen molar-refractivity contribution in [2.24, 2.45) is 0 Å². The van der Waals surface area contributed by atoms with Gasteiger partial charge < -0.3 is 20.3 Å². The SMILES string of the molecule is CN/C(=C\[N+](=O)[O-])NCCSC[C@H]1CC[C@H](CN(C)C)O1. The summed E-state index contributed by atoms with van der Waals surface area (Å²) in [6, 6.07) is 0. The molecule has 0 saturated carbocycles. The number of nitro groups is 1. The maximum atomic E-state index is 10.4. The van der Waals surface area contributed by atoms with Crippen molar-refractivity contribution in [3.05, 3.63) is 22.1 Å². The first-order valence-electron chi connectivity index (χ1n) is 7.16. The van der Waals surface area contributed by atoms with Crippen molar-refractivity contribution >= 4 is 11.8 Å². The molecule has 1 saturated heterocycles. The molecule has 0 spiro atoms. The number of hydrogen-bond donors (Lipinski definition) is 2. The standard InChI is InChI=1S/C13H26N4O3S/c1-14-13(9-17(18)19)15-6-7-21-10-12-5-4-11(20-12)8-16(2)3/h9,11-12,14-15H,4-8,10H2,1-3H3/b13-9+/t11-,12-/m1/s1. The highest BCUT2D eigenvalue weighted by atomic mass is 32.2. The zero-order valence-electron chi connectivity index (χ0n) is 13.0. The lowest BCUT2D eigenvalue weighted by Crippen LogP contribution is -2.27.